The minimum Gasteiger partial charge on any atom is -0.481 e. The van der Waals surface area contributed by atoms with Gasteiger partial charge in [0, 0.05) is 19.7 Å². The molecule has 1 N–H and O–H groups in total. The molecular weight excluding hydrogens is 350 g/mol. The molecule has 2 rings (SSSR count). The monoisotopic (exact) mass is 363 g/mol. The third-order valence-electron chi connectivity index (χ3n) is 2.90. The summed E-state index contributed by atoms with van der Waals surface area (Å²) in [4.78, 5) is 13.6. The highest BCUT2D eigenvalue weighted by Crippen LogP contribution is 2.34. The number of hydrogen-bond acceptors (Lipinski definition) is 4. The summed E-state index contributed by atoms with van der Waals surface area (Å²) in [6.07, 6.45) is -0.0781. The minimum absolute atomic E-state index is 0.0781. The second-order valence-corrected chi connectivity index (χ2v) is 7.56. The van der Waals surface area contributed by atoms with Gasteiger partial charge in [-0.25, -0.2) is 0 Å². The first-order chi connectivity index (χ1) is 11.0. The highest BCUT2D eigenvalue weighted by Gasteiger charge is 2.09. The zero-order valence-corrected chi connectivity index (χ0v) is 14.8. The first-order valence-corrected chi connectivity index (χ1v) is 9.06. The van der Waals surface area contributed by atoms with Gasteiger partial charge in [-0.3, -0.25) is 4.79 Å². The average molecular weight is 364 g/mol. The molecule has 0 aliphatic carbocycles. The van der Waals surface area contributed by atoms with Crippen LogP contribution >= 0.6 is 35.1 Å². The van der Waals surface area contributed by atoms with Crippen molar-refractivity contribution in [3.8, 4) is 6.07 Å². The van der Waals surface area contributed by atoms with Crippen molar-refractivity contribution in [1.29, 1.82) is 5.26 Å². The van der Waals surface area contributed by atoms with Crippen molar-refractivity contribution < 1.29 is 9.90 Å². The topological polar surface area (TPSA) is 61.1 Å². The van der Waals surface area contributed by atoms with E-state index < -0.39 is 5.97 Å². The van der Waals surface area contributed by atoms with E-state index in [1.165, 1.54) is 11.8 Å². The molecule has 2 aromatic carbocycles. The van der Waals surface area contributed by atoms with Crippen molar-refractivity contribution in [3.05, 3.63) is 52.5 Å². The summed E-state index contributed by atoms with van der Waals surface area (Å²) in [5, 5.41) is 18.7. The van der Waals surface area contributed by atoms with Gasteiger partial charge in [0.15, 0.2) is 0 Å². The SMILES string of the molecule is CCSc1ccc(Sc2cc(Cl)cc(CC(=O)O)c2)c(C#N)c1. The largest absolute Gasteiger partial charge is 0.481 e. The van der Waals surface area contributed by atoms with Crippen LogP contribution in [0.25, 0.3) is 0 Å². The quantitative estimate of drug-likeness (QED) is 0.723. The van der Waals surface area contributed by atoms with Crippen LogP contribution in [0.3, 0.4) is 0 Å². The maximum absolute atomic E-state index is 10.9. The van der Waals surface area contributed by atoms with E-state index in [1.54, 1.807) is 30.0 Å². The predicted octanol–water partition coefficient (Wildman–Crippen LogP) is 5.10. The summed E-state index contributed by atoms with van der Waals surface area (Å²) in [7, 11) is 0. The van der Waals surface area contributed by atoms with Gasteiger partial charge in [-0.2, -0.15) is 5.26 Å². The van der Waals surface area contributed by atoms with Gasteiger partial charge in [0.1, 0.15) is 6.07 Å². The van der Waals surface area contributed by atoms with Gasteiger partial charge in [0.05, 0.1) is 12.0 Å². The number of carboxylic acid groups (broad SMARTS) is 1. The smallest absolute Gasteiger partial charge is 0.307 e. The summed E-state index contributed by atoms with van der Waals surface area (Å²) in [6.45, 7) is 2.06. The molecule has 0 unspecified atom stereocenters. The number of rotatable bonds is 6. The van der Waals surface area contributed by atoms with Crippen LogP contribution in [0.15, 0.2) is 51.1 Å². The first-order valence-electron chi connectivity index (χ1n) is 6.88. The van der Waals surface area contributed by atoms with Gasteiger partial charge < -0.3 is 5.11 Å². The van der Waals surface area contributed by atoms with Gasteiger partial charge in [-0.1, -0.05) is 30.3 Å². The van der Waals surface area contributed by atoms with Crippen molar-refractivity contribution in [3.63, 3.8) is 0 Å². The highest BCUT2D eigenvalue weighted by atomic mass is 35.5. The Kier molecular flexibility index (Phi) is 6.40. The molecule has 118 valence electrons. The van der Waals surface area contributed by atoms with Crippen LogP contribution in [0, 0.1) is 11.3 Å². The predicted molar refractivity (Wildman–Crippen MR) is 94.5 cm³/mol. The molecule has 23 heavy (non-hydrogen) atoms. The number of hydrogen-bond donors (Lipinski definition) is 1. The van der Waals surface area contributed by atoms with E-state index in [0.29, 0.717) is 16.1 Å². The van der Waals surface area contributed by atoms with Crippen LogP contribution in [-0.4, -0.2) is 16.8 Å². The maximum atomic E-state index is 10.9. The van der Waals surface area contributed by atoms with Crippen molar-refractivity contribution in [2.45, 2.75) is 28.0 Å². The van der Waals surface area contributed by atoms with Crippen LogP contribution in [0.1, 0.15) is 18.1 Å². The van der Waals surface area contributed by atoms with E-state index in [1.807, 2.05) is 18.2 Å². The van der Waals surface area contributed by atoms with Gasteiger partial charge in [0.2, 0.25) is 0 Å². The van der Waals surface area contributed by atoms with Crippen molar-refractivity contribution in [1.82, 2.24) is 0 Å². The molecule has 0 atom stereocenters. The molecule has 0 radical (unpaired) electrons. The molecule has 0 heterocycles. The molecule has 6 heteroatoms. The number of halogens is 1. The Labute approximate surface area is 148 Å². The molecule has 0 aliphatic heterocycles. The Morgan fingerprint density at radius 2 is 2.04 bits per heavy atom. The summed E-state index contributed by atoms with van der Waals surface area (Å²) in [5.41, 5.74) is 1.25. The van der Waals surface area contributed by atoms with Gasteiger partial charge in [-0.15, -0.1) is 11.8 Å². The van der Waals surface area contributed by atoms with E-state index in [0.717, 1.165) is 20.4 Å². The van der Waals surface area contributed by atoms with Crippen LogP contribution in [0.2, 0.25) is 5.02 Å². The summed E-state index contributed by atoms with van der Waals surface area (Å²) < 4.78 is 0. The minimum atomic E-state index is -0.901. The van der Waals surface area contributed by atoms with Crippen LogP contribution < -0.4 is 0 Å². The number of carboxylic acids is 1. The van der Waals surface area contributed by atoms with Crippen LogP contribution in [0.4, 0.5) is 0 Å². The molecule has 2 aromatic rings. The molecule has 0 amide bonds. The summed E-state index contributed by atoms with van der Waals surface area (Å²) in [5.74, 6) is 0.0476. The van der Waals surface area contributed by atoms with E-state index in [-0.39, 0.29) is 6.42 Å². The number of thioether (sulfide) groups is 1. The van der Waals surface area contributed by atoms with Crippen molar-refractivity contribution in [2.75, 3.05) is 5.75 Å². The second-order valence-electron chi connectivity index (χ2n) is 4.67. The Morgan fingerprint density at radius 1 is 1.26 bits per heavy atom. The normalized spacial score (nSPS) is 10.3. The van der Waals surface area contributed by atoms with E-state index >= 15 is 0 Å². The second kappa shape index (κ2) is 8.30. The number of carbonyl (C=O) groups is 1. The third-order valence-corrected chi connectivity index (χ3v) is 5.04. The fourth-order valence-electron chi connectivity index (χ4n) is 2.03. The lowest BCUT2D eigenvalue weighted by Gasteiger charge is -2.08. The summed E-state index contributed by atoms with van der Waals surface area (Å²) >= 11 is 9.16. The molecule has 0 bridgehead atoms. The van der Waals surface area contributed by atoms with Crippen LogP contribution in [-0.2, 0) is 11.2 Å². The molecule has 0 fully saturated rings. The number of nitriles is 1. The zero-order chi connectivity index (χ0) is 16.8. The number of benzene rings is 2. The Morgan fingerprint density at radius 3 is 2.70 bits per heavy atom. The van der Waals surface area contributed by atoms with Gasteiger partial charge in [0.25, 0.3) is 0 Å². The fraction of sp³-hybridized carbons (Fsp3) is 0.176. The third kappa shape index (κ3) is 5.21. The van der Waals surface area contributed by atoms with Gasteiger partial charge in [-0.05, 0) is 47.7 Å². The average Bonchev–Trinajstić information content (AvgIpc) is 2.47. The van der Waals surface area contributed by atoms with Crippen molar-refractivity contribution in [2.24, 2.45) is 0 Å². The van der Waals surface area contributed by atoms with Crippen LogP contribution in [0.5, 0.6) is 0 Å². The van der Waals surface area contributed by atoms with Gasteiger partial charge >= 0.3 is 5.97 Å². The maximum Gasteiger partial charge on any atom is 0.307 e. The lowest BCUT2D eigenvalue weighted by molar-refractivity contribution is -0.136. The molecule has 3 nitrogen and oxygen atoms in total. The van der Waals surface area contributed by atoms with E-state index in [2.05, 4.69) is 13.0 Å². The lowest BCUT2D eigenvalue weighted by Crippen LogP contribution is -2.00. The van der Waals surface area contributed by atoms with Crippen molar-refractivity contribution >= 4 is 41.1 Å². The van der Waals surface area contributed by atoms with E-state index in [9.17, 15) is 10.1 Å². The molecular formula is C17H14ClNO2S2. The highest BCUT2D eigenvalue weighted by molar-refractivity contribution is 7.99. The fourth-order valence-corrected chi connectivity index (χ4v) is 4.05. The lowest BCUT2D eigenvalue weighted by atomic mass is 10.1. The molecule has 0 saturated heterocycles. The first kappa shape index (κ1) is 17.7. The van der Waals surface area contributed by atoms with E-state index in [4.69, 9.17) is 16.7 Å². The summed E-state index contributed by atoms with van der Waals surface area (Å²) in [6, 6.07) is 13.2. The Bertz CT molecular complexity index is 772. The molecule has 0 spiro atoms. The number of nitrogens with zero attached hydrogens (tertiary/aromatic N) is 1. The zero-order valence-electron chi connectivity index (χ0n) is 12.4. The standard InChI is InChI=1S/C17H14ClNO2S2/c1-2-22-14-3-4-16(12(8-14)10-19)23-15-6-11(7-17(20)21)5-13(18)9-15/h3-6,8-9H,2,7H2,1H3,(H,20,21). The number of aliphatic carboxylic acids is 1. The Balaban J connectivity index is 2.30. The molecule has 0 aromatic heterocycles. The Hall–Kier alpha value is -1.61. The molecule has 0 saturated carbocycles. The molecule has 0 aliphatic rings.